The van der Waals surface area contributed by atoms with Gasteiger partial charge in [0.15, 0.2) is 10.9 Å². The number of thiazole rings is 1. The van der Waals surface area contributed by atoms with E-state index < -0.39 is 0 Å². The minimum absolute atomic E-state index is 0.0691. The normalized spacial score (nSPS) is 10.4. The lowest BCUT2D eigenvalue weighted by molar-refractivity contribution is 0.102. The monoisotopic (exact) mass is 260 g/mol. The van der Waals surface area contributed by atoms with Crippen LogP contribution in [0.3, 0.4) is 0 Å². The summed E-state index contributed by atoms with van der Waals surface area (Å²) in [5, 5.41) is 0.872. The molecule has 18 heavy (non-hydrogen) atoms. The van der Waals surface area contributed by atoms with Crippen LogP contribution in [0.2, 0.25) is 0 Å². The Balaban J connectivity index is 2.39. The number of anilines is 2. The van der Waals surface area contributed by atoms with Gasteiger partial charge in [0.05, 0.1) is 11.1 Å². The summed E-state index contributed by atoms with van der Waals surface area (Å²) < 4.78 is 0. The predicted molar refractivity (Wildman–Crippen MR) is 76.0 cm³/mol. The molecule has 0 fully saturated rings. The molecule has 0 saturated heterocycles. The largest absolute Gasteiger partial charge is 0.318 e. The minimum atomic E-state index is 0.0691. The maximum absolute atomic E-state index is 11.3. The van der Waals surface area contributed by atoms with Crippen molar-refractivity contribution in [1.82, 2.24) is 4.98 Å². The Hall–Kier alpha value is -1.68. The summed E-state index contributed by atoms with van der Waals surface area (Å²) in [4.78, 5) is 18.5. The molecule has 1 heterocycles. The van der Waals surface area contributed by atoms with Gasteiger partial charge in [0.1, 0.15) is 0 Å². The van der Waals surface area contributed by atoms with E-state index in [4.69, 9.17) is 0 Å². The number of Topliss-reactive ketones (excluding diaryl/α,β-unsaturated/α-hetero) is 1. The summed E-state index contributed by atoms with van der Waals surface area (Å²) >= 11 is 1.44. The lowest BCUT2D eigenvalue weighted by Crippen LogP contribution is -2.16. The van der Waals surface area contributed by atoms with Gasteiger partial charge in [-0.2, -0.15) is 0 Å². The molecule has 0 aliphatic heterocycles. The first-order valence-electron chi connectivity index (χ1n) is 5.93. The molecule has 4 heteroatoms. The predicted octanol–water partition coefficient (Wildman–Crippen LogP) is 3.81. The van der Waals surface area contributed by atoms with Crippen molar-refractivity contribution in [1.29, 1.82) is 0 Å². The topological polar surface area (TPSA) is 33.2 Å². The van der Waals surface area contributed by atoms with Crippen LogP contribution in [0.5, 0.6) is 0 Å². The van der Waals surface area contributed by atoms with E-state index in [2.05, 4.69) is 35.9 Å². The van der Waals surface area contributed by atoms with Crippen molar-refractivity contribution in [2.24, 2.45) is 0 Å². The number of nitrogens with zero attached hydrogens (tertiary/aromatic N) is 2. The van der Waals surface area contributed by atoms with Gasteiger partial charge in [-0.25, -0.2) is 4.98 Å². The number of carbonyl (C=O) groups is 1. The second kappa shape index (κ2) is 5.31. The van der Waals surface area contributed by atoms with Gasteiger partial charge < -0.3 is 4.90 Å². The molecule has 0 bridgehead atoms. The Labute approximate surface area is 111 Å². The van der Waals surface area contributed by atoms with Crippen molar-refractivity contribution < 1.29 is 4.79 Å². The van der Waals surface area contributed by atoms with Crippen LogP contribution in [-0.4, -0.2) is 17.3 Å². The number of aryl methyl sites for hydroxylation is 1. The van der Waals surface area contributed by atoms with Gasteiger partial charge in [-0.3, -0.25) is 4.79 Å². The zero-order valence-corrected chi connectivity index (χ0v) is 11.6. The number of hydrogen-bond acceptors (Lipinski definition) is 4. The van der Waals surface area contributed by atoms with Crippen LogP contribution in [0.1, 0.15) is 29.1 Å². The number of carbonyl (C=O) groups excluding carboxylic acids is 1. The van der Waals surface area contributed by atoms with E-state index in [0.717, 1.165) is 17.4 Å². The van der Waals surface area contributed by atoms with Crippen LogP contribution in [0.15, 0.2) is 30.5 Å². The van der Waals surface area contributed by atoms with Crippen LogP contribution >= 0.6 is 11.3 Å². The van der Waals surface area contributed by atoms with Crippen LogP contribution in [0.25, 0.3) is 0 Å². The van der Waals surface area contributed by atoms with Gasteiger partial charge in [-0.1, -0.05) is 29.5 Å². The first-order valence-corrected chi connectivity index (χ1v) is 6.75. The maximum atomic E-state index is 11.3. The molecule has 94 valence electrons. The SMILES string of the molecule is CCN(c1ncc(C(C)=O)s1)c1ccccc1C. The smallest absolute Gasteiger partial charge is 0.190 e. The average Bonchev–Trinajstić information content (AvgIpc) is 2.82. The van der Waals surface area contributed by atoms with Gasteiger partial charge >= 0.3 is 0 Å². The zero-order chi connectivity index (χ0) is 13.1. The summed E-state index contributed by atoms with van der Waals surface area (Å²) in [5.41, 5.74) is 2.35. The van der Waals surface area contributed by atoms with Gasteiger partial charge in [0, 0.05) is 19.2 Å². The molecular weight excluding hydrogens is 244 g/mol. The highest BCUT2D eigenvalue weighted by molar-refractivity contribution is 7.17. The molecule has 1 aromatic heterocycles. The van der Waals surface area contributed by atoms with Crippen molar-refractivity contribution >= 4 is 27.9 Å². The highest BCUT2D eigenvalue weighted by Crippen LogP contribution is 2.31. The second-order valence-corrected chi connectivity index (χ2v) is 5.10. The molecule has 3 nitrogen and oxygen atoms in total. The molecule has 0 amide bonds. The van der Waals surface area contributed by atoms with Crippen LogP contribution in [0.4, 0.5) is 10.8 Å². The highest BCUT2D eigenvalue weighted by Gasteiger charge is 2.14. The Morgan fingerprint density at radius 1 is 1.39 bits per heavy atom. The fraction of sp³-hybridized carbons (Fsp3) is 0.286. The van der Waals surface area contributed by atoms with E-state index >= 15 is 0 Å². The molecule has 0 atom stereocenters. The molecule has 1 aromatic carbocycles. The van der Waals surface area contributed by atoms with Crippen LogP contribution in [0, 0.1) is 6.92 Å². The third-order valence-corrected chi connectivity index (χ3v) is 3.92. The quantitative estimate of drug-likeness (QED) is 0.784. The summed E-state index contributed by atoms with van der Waals surface area (Å²) in [6.45, 7) is 6.57. The number of rotatable bonds is 4. The molecule has 0 saturated carbocycles. The lowest BCUT2D eigenvalue weighted by atomic mass is 10.2. The number of aromatic nitrogens is 1. The zero-order valence-electron chi connectivity index (χ0n) is 10.8. The average molecular weight is 260 g/mol. The molecule has 0 aliphatic rings. The summed E-state index contributed by atoms with van der Waals surface area (Å²) in [5.74, 6) is 0.0691. The second-order valence-electron chi connectivity index (χ2n) is 4.09. The Bertz CT molecular complexity index is 562. The molecular formula is C14H16N2OS. The Kier molecular flexibility index (Phi) is 3.77. The van der Waals surface area contributed by atoms with Gasteiger partial charge in [-0.15, -0.1) is 0 Å². The number of ketones is 1. The third-order valence-electron chi connectivity index (χ3n) is 2.79. The third kappa shape index (κ3) is 2.43. The van der Waals surface area contributed by atoms with E-state index in [9.17, 15) is 4.79 Å². The maximum Gasteiger partial charge on any atom is 0.190 e. The minimum Gasteiger partial charge on any atom is -0.318 e. The van der Waals surface area contributed by atoms with Crippen molar-refractivity contribution in [2.45, 2.75) is 20.8 Å². The molecule has 0 N–H and O–H groups in total. The van der Waals surface area contributed by atoms with E-state index in [-0.39, 0.29) is 5.78 Å². The first-order chi connectivity index (χ1) is 8.63. The van der Waals surface area contributed by atoms with Gasteiger partial charge in [0.2, 0.25) is 0 Å². The number of para-hydroxylation sites is 1. The molecule has 0 spiro atoms. The Morgan fingerprint density at radius 3 is 2.67 bits per heavy atom. The van der Waals surface area contributed by atoms with E-state index in [1.54, 1.807) is 13.1 Å². The van der Waals surface area contributed by atoms with Crippen LogP contribution < -0.4 is 4.90 Å². The molecule has 0 radical (unpaired) electrons. The fourth-order valence-electron chi connectivity index (χ4n) is 1.83. The van der Waals surface area contributed by atoms with Gasteiger partial charge in [-0.05, 0) is 25.5 Å². The fourth-order valence-corrected chi connectivity index (χ4v) is 2.72. The van der Waals surface area contributed by atoms with Crippen molar-refractivity contribution in [2.75, 3.05) is 11.4 Å². The molecule has 2 aromatic rings. The summed E-state index contributed by atoms with van der Waals surface area (Å²) in [6, 6.07) is 8.20. The van der Waals surface area contributed by atoms with E-state index in [1.165, 1.54) is 16.9 Å². The van der Waals surface area contributed by atoms with E-state index in [0.29, 0.717) is 4.88 Å². The van der Waals surface area contributed by atoms with Crippen molar-refractivity contribution in [3.05, 3.63) is 40.9 Å². The molecule has 0 aliphatic carbocycles. The van der Waals surface area contributed by atoms with Crippen molar-refractivity contribution in [3.63, 3.8) is 0 Å². The number of hydrogen-bond donors (Lipinski definition) is 0. The van der Waals surface area contributed by atoms with Crippen LogP contribution in [-0.2, 0) is 0 Å². The van der Waals surface area contributed by atoms with E-state index in [1.807, 2.05) is 12.1 Å². The summed E-state index contributed by atoms with van der Waals surface area (Å²) in [7, 11) is 0. The van der Waals surface area contributed by atoms with Gasteiger partial charge in [0.25, 0.3) is 0 Å². The standard InChI is InChI=1S/C14H16N2OS/c1-4-16(12-8-6-5-7-10(12)2)14-15-9-13(18-14)11(3)17/h5-9H,4H2,1-3H3. The summed E-state index contributed by atoms with van der Waals surface area (Å²) in [6.07, 6.45) is 1.66. The number of benzene rings is 1. The highest BCUT2D eigenvalue weighted by atomic mass is 32.1. The molecule has 2 rings (SSSR count). The Morgan fingerprint density at radius 2 is 2.11 bits per heavy atom. The lowest BCUT2D eigenvalue weighted by Gasteiger charge is -2.21. The first kappa shape index (κ1) is 12.8. The van der Waals surface area contributed by atoms with Crippen molar-refractivity contribution in [3.8, 4) is 0 Å². The molecule has 0 unspecified atom stereocenters.